The van der Waals surface area contributed by atoms with Crippen molar-refractivity contribution < 1.29 is 9.18 Å². The Morgan fingerprint density at radius 1 is 1.44 bits per heavy atom. The van der Waals surface area contributed by atoms with Gasteiger partial charge in [0, 0.05) is 11.0 Å². The third kappa shape index (κ3) is 2.79. The fraction of sp³-hybridized carbons (Fsp3) is 0.154. The number of benzene rings is 1. The van der Waals surface area contributed by atoms with Gasteiger partial charge in [-0.05, 0) is 56.9 Å². The van der Waals surface area contributed by atoms with Crippen molar-refractivity contribution in [2.45, 2.75) is 13.5 Å². The molecule has 0 saturated heterocycles. The Bertz CT molecular complexity index is 562. The fourth-order valence-electron chi connectivity index (χ4n) is 1.55. The SMILES string of the molecule is Cc1cscc1CNC(=O)c1c(F)cccc1Br. The van der Waals surface area contributed by atoms with E-state index in [-0.39, 0.29) is 5.56 Å². The van der Waals surface area contributed by atoms with E-state index in [0.717, 1.165) is 11.1 Å². The molecule has 0 atom stereocenters. The van der Waals surface area contributed by atoms with Crippen LogP contribution in [0.1, 0.15) is 21.5 Å². The average molecular weight is 328 g/mol. The van der Waals surface area contributed by atoms with Gasteiger partial charge in [-0.2, -0.15) is 11.3 Å². The Hall–Kier alpha value is -1.20. The monoisotopic (exact) mass is 327 g/mol. The normalized spacial score (nSPS) is 10.4. The van der Waals surface area contributed by atoms with Crippen LogP contribution in [0.5, 0.6) is 0 Å². The molecule has 1 aromatic heterocycles. The predicted octanol–water partition coefficient (Wildman–Crippen LogP) is 3.89. The third-order valence-electron chi connectivity index (χ3n) is 2.59. The number of hydrogen-bond acceptors (Lipinski definition) is 2. The number of rotatable bonds is 3. The van der Waals surface area contributed by atoms with E-state index >= 15 is 0 Å². The van der Waals surface area contributed by atoms with Gasteiger partial charge in [-0.1, -0.05) is 6.07 Å². The van der Waals surface area contributed by atoms with Gasteiger partial charge in [0.15, 0.2) is 0 Å². The molecule has 0 aliphatic rings. The average Bonchev–Trinajstić information content (AvgIpc) is 2.72. The van der Waals surface area contributed by atoms with Crippen molar-refractivity contribution in [2.75, 3.05) is 0 Å². The lowest BCUT2D eigenvalue weighted by Gasteiger charge is -2.07. The topological polar surface area (TPSA) is 29.1 Å². The highest BCUT2D eigenvalue weighted by atomic mass is 79.9. The standard InChI is InChI=1S/C13H11BrFNOS/c1-8-6-18-7-9(8)5-16-13(17)12-10(14)3-2-4-11(12)15/h2-4,6-7H,5H2,1H3,(H,16,17). The first-order valence-electron chi connectivity index (χ1n) is 5.33. The minimum atomic E-state index is -0.524. The Kier molecular flexibility index (Phi) is 4.14. The molecular weight excluding hydrogens is 317 g/mol. The lowest BCUT2D eigenvalue weighted by Crippen LogP contribution is -2.24. The first kappa shape index (κ1) is 13.2. The number of thiophene rings is 1. The smallest absolute Gasteiger partial charge is 0.255 e. The van der Waals surface area contributed by atoms with E-state index in [1.54, 1.807) is 23.5 Å². The lowest BCUT2D eigenvalue weighted by atomic mass is 10.2. The van der Waals surface area contributed by atoms with E-state index < -0.39 is 11.7 Å². The van der Waals surface area contributed by atoms with Crippen LogP contribution in [0, 0.1) is 12.7 Å². The maximum absolute atomic E-state index is 13.6. The van der Waals surface area contributed by atoms with Crippen LogP contribution in [0.4, 0.5) is 4.39 Å². The lowest BCUT2D eigenvalue weighted by molar-refractivity contribution is 0.0946. The summed E-state index contributed by atoms with van der Waals surface area (Å²) in [6, 6.07) is 4.47. The van der Waals surface area contributed by atoms with Crippen LogP contribution in [0.2, 0.25) is 0 Å². The van der Waals surface area contributed by atoms with Gasteiger partial charge in [0.2, 0.25) is 0 Å². The number of carbonyl (C=O) groups is 1. The van der Waals surface area contributed by atoms with Gasteiger partial charge in [-0.3, -0.25) is 4.79 Å². The summed E-state index contributed by atoms with van der Waals surface area (Å²) in [5.41, 5.74) is 2.24. The highest BCUT2D eigenvalue weighted by Gasteiger charge is 2.15. The van der Waals surface area contributed by atoms with Gasteiger partial charge < -0.3 is 5.32 Å². The minimum Gasteiger partial charge on any atom is -0.348 e. The summed E-state index contributed by atoms with van der Waals surface area (Å²) < 4.78 is 14.0. The summed E-state index contributed by atoms with van der Waals surface area (Å²) >= 11 is 4.77. The second kappa shape index (κ2) is 5.63. The van der Waals surface area contributed by atoms with Crippen LogP contribution in [0.3, 0.4) is 0 Å². The summed E-state index contributed by atoms with van der Waals surface area (Å²) in [5, 5.41) is 6.71. The van der Waals surface area contributed by atoms with Crippen LogP contribution < -0.4 is 5.32 Å². The van der Waals surface area contributed by atoms with E-state index in [0.29, 0.717) is 11.0 Å². The van der Waals surface area contributed by atoms with Crippen molar-refractivity contribution in [1.29, 1.82) is 0 Å². The first-order valence-corrected chi connectivity index (χ1v) is 7.07. The molecule has 0 radical (unpaired) electrons. The Balaban J connectivity index is 2.11. The fourth-order valence-corrected chi connectivity index (χ4v) is 2.93. The molecule has 2 rings (SSSR count). The number of aryl methyl sites for hydroxylation is 1. The summed E-state index contributed by atoms with van der Waals surface area (Å²) in [4.78, 5) is 11.9. The molecule has 0 unspecified atom stereocenters. The highest BCUT2D eigenvalue weighted by Crippen LogP contribution is 2.20. The van der Waals surface area contributed by atoms with Gasteiger partial charge in [0.1, 0.15) is 5.82 Å². The molecule has 2 aromatic rings. The van der Waals surface area contributed by atoms with E-state index in [2.05, 4.69) is 21.2 Å². The van der Waals surface area contributed by atoms with Crippen molar-refractivity contribution in [3.63, 3.8) is 0 Å². The quantitative estimate of drug-likeness (QED) is 0.910. The van der Waals surface area contributed by atoms with Crippen LogP contribution >= 0.6 is 27.3 Å². The summed E-state index contributed by atoms with van der Waals surface area (Å²) in [7, 11) is 0. The number of nitrogens with one attached hydrogen (secondary N) is 1. The molecule has 18 heavy (non-hydrogen) atoms. The zero-order valence-electron chi connectivity index (χ0n) is 9.67. The van der Waals surface area contributed by atoms with Crippen molar-refractivity contribution in [3.8, 4) is 0 Å². The van der Waals surface area contributed by atoms with Gasteiger partial charge in [0.05, 0.1) is 5.56 Å². The molecule has 0 aliphatic carbocycles. The molecule has 0 saturated carbocycles. The second-order valence-corrected chi connectivity index (χ2v) is 5.46. The van der Waals surface area contributed by atoms with E-state index in [1.807, 2.05) is 17.7 Å². The molecule has 1 heterocycles. The number of carbonyl (C=O) groups excluding carboxylic acids is 1. The summed E-state index contributed by atoms with van der Waals surface area (Å²) in [6.07, 6.45) is 0. The maximum Gasteiger partial charge on any atom is 0.255 e. The van der Waals surface area contributed by atoms with E-state index in [1.165, 1.54) is 6.07 Å². The van der Waals surface area contributed by atoms with Crippen molar-refractivity contribution in [1.82, 2.24) is 5.32 Å². The molecule has 0 fully saturated rings. The van der Waals surface area contributed by atoms with Crippen LogP contribution in [0.25, 0.3) is 0 Å². The molecular formula is C13H11BrFNOS. The largest absolute Gasteiger partial charge is 0.348 e. The molecule has 1 aromatic carbocycles. The maximum atomic E-state index is 13.6. The molecule has 2 nitrogen and oxygen atoms in total. The first-order chi connectivity index (χ1) is 8.59. The predicted molar refractivity (Wildman–Crippen MR) is 74.3 cm³/mol. The zero-order chi connectivity index (χ0) is 13.1. The van der Waals surface area contributed by atoms with Gasteiger partial charge in [-0.15, -0.1) is 0 Å². The summed E-state index contributed by atoms with van der Waals surface area (Å²) in [5.74, 6) is -0.936. The van der Waals surface area contributed by atoms with Crippen molar-refractivity contribution in [2.24, 2.45) is 0 Å². The molecule has 0 bridgehead atoms. The molecule has 0 aliphatic heterocycles. The molecule has 1 amide bonds. The zero-order valence-corrected chi connectivity index (χ0v) is 12.1. The molecule has 5 heteroatoms. The van der Waals surface area contributed by atoms with Crippen LogP contribution in [0.15, 0.2) is 33.4 Å². The van der Waals surface area contributed by atoms with Gasteiger partial charge >= 0.3 is 0 Å². The van der Waals surface area contributed by atoms with Gasteiger partial charge in [0.25, 0.3) is 5.91 Å². The van der Waals surface area contributed by atoms with E-state index in [4.69, 9.17) is 0 Å². The second-order valence-electron chi connectivity index (χ2n) is 3.86. The highest BCUT2D eigenvalue weighted by molar-refractivity contribution is 9.10. The molecule has 94 valence electrons. The molecule has 1 N–H and O–H groups in total. The number of amides is 1. The third-order valence-corrected chi connectivity index (χ3v) is 4.16. The Morgan fingerprint density at radius 3 is 2.83 bits per heavy atom. The number of hydrogen-bond donors (Lipinski definition) is 1. The van der Waals surface area contributed by atoms with Crippen molar-refractivity contribution >= 4 is 33.2 Å². The van der Waals surface area contributed by atoms with Crippen LogP contribution in [-0.4, -0.2) is 5.91 Å². The Labute approximate surface area is 117 Å². The van der Waals surface area contributed by atoms with E-state index in [9.17, 15) is 9.18 Å². The Morgan fingerprint density at radius 2 is 2.22 bits per heavy atom. The number of halogens is 2. The van der Waals surface area contributed by atoms with Crippen molar-refractivity contribution in [3.05, 3.63) is 55.9 Å². The minimum absolute atomic E-state index is 0.0467. The molecule has 0 spiro atoms. The summed E-state index contributed by atoms with van der Waals surface area (Å²) in [6.45, 7) is 2.39. The van der Waals surface area contributed by atoms with Gasteiger partial charge in [-0.25, -0.2) is 4.39 Å². The van der Waals surface area contributed by atoms with Crippen LogP contribution in [-0.2, 0) is 6.54 Å².